The van der Waals surface area contributed by atoms with Gasteiger partial charge < -0.3 is 14.8 Å². The van der Waals surface area contributed by atoms with E-state index < -0.39 is 5.60 Å². The Morgan fingerprint density at radius 2 is 2.04 bits per heavy atom. The Labute approximate surface area is 148 Å². The zero-order chi connectivity index (χ0) is 17.7. The highest BCUT2D eigenvalue weighted by Gasteiger charge is 2.42. The second kappa shape index (κ2) is 7.83. The van der Waals surface area contributed by atoms with Gasteiger partial charge in [-0.3, -0.25) is 9.78 Å². The Morgan fingerprint density at radius 1 is 1.24 bits per heavy atom. The van der Waals surface area contributed by atoms with Gasteiger partial charge in [0.2, 0.25) is 0 Å². The van der Waals surface area contributed by atoms with Crippen LogP contribution in [0.2, 0.25) is 0 Å². The lowest BCUT2D eigenvalue weighted by atomic mass is 10.00. The van der Waals surface area contributed by atoms with Crippen molar-refractivity contribution in [2.75, 3.05) is 18.5 Å². The average molecular weight is 342 g/mol. The van der Waals surface area contributed by atoms with Crippen molar-refractivity contribution in [1.82, 2.24) is 4.98 Å². The number of fused-ring (bicyclic) bond motifs is 1. The maximum Gasteiger partial charge on any atom is 0.256 e. The van der Waals surface area contributed by atoms with Gasteiger partial charge in [0.25, 0.3) is 5.91 Å². The highest BCUT2D eigenvalue weighted by atomic mass is 16.5. The first-order valence-corrected chi connectivity index (χ1v) is 9.16. The summed E-state index contributed by atoms with van der Waals surface area (Å²) in [6.07, 6.45) is 6.27. The normalized spacial score (nSPS) is 16.1. The van der Waals surface area contributed by atoms with Gasteiger partial charge in [0.15, 0.2) is 0 Å². The summed E-state index contributed by atoms with van der Waals surface area (Å²) in [4.78, 5) is 17.4. The van der Waals surface area contributed by atoms with E-state index in [-0.39, 0.29) is 5.91 Å². The van der Waals surface area contributed by atoms with Crippen LogP contribution in [-0.2, 0) is 9.53 Å². The molecule has 0 spiro atoms. The van der Waals surface area contributed by atoms with E-state index in [1.54, 1.807) is 6.20 Å². The Balaban J connectivity index is 1.89. The predicted molar refractivity (Wildman–Crippen MR) is 99.0 cm³/mol. The molecular weight excluding hydrogens is 316 g/mol. The molecule has 0 atom stereocenters. The van der Waals surface area contributed by atoms with Crippen LogP contribution in [0.3, 0.4) is 0 Å². The maximum absolute atomic E-state index is 13.0. The Hall–Kier alpha value is -2.14. The van der Waals surface area contributed by atoms with E-state index >= 15 is 0 Å². The van der Waals surface area contributed by atoms with Gasteiger partial charge in [-0.05, 0) is 63.3 Å². The fourth-order valence-electron chi connectivity index (χ4n) is 3.44. The highest BCUT2D eigenvalue weighted by Crippen LogP contribution is 2.36. The number of carbonyl (C=O) groups is 1. The summed E-state index contributed by atoms with van der Waals surface area (Å²) in [5.74, 6) is 0.682. The SMILES string of the molecule is CCCOC1(C(=O)Nc2ccc(OCC)c3ncccc23)CCCC1. The van der Waals surface area contributed by atoms with Crippen molar-refractivity contribution < 1.29 is 14.3 Å². The third-order valence-corrected chi connectivity index (χ3v) is 4.69. The lowest BCUT2D eigenvalue weighted by Crippen LogP contribution is -2.43. The first-order valence-electron chi connectivity index (χ1n) is 9.16. The van der Waals surface area contributed by atoms with Crippen molar-refractivity contribution in [1.29, 1.82) is 0 Å². The molecule has 1 amide bonds. The molecule has 1 aromatic heterocycles. The zero-order valence-corrected chi connectivity index (χ0v) is 15.0. The van der Waals surface area contributed by atoms with Crippen LogP contribution in [0.4, 0.5) is 5.69 Å². The van der Waals surface area contributed by atoms with Crippen LogP contribution >= 0.6 is 0 Å². The largest absolute Gasteiger partial charge is 0.492 e. The molecule has 25 heavy (non-hydrogen) atoms. The summed E-state index contributed by atoms with van der Waals surface area (Å²) in [5.41, 5.74) is 0.823. The van der Waals surface area contributed by atoms with Crippen molar-refractivity contribution in [2.24, 2.45) is 0 Å². The van der Waals surface area contributed by atoms with Gasteiger partial charge in [0.05, 0.1) is 12.3 Å². The number of rotatable bonds is 7. The number of ether oxygens (including phenoxy) is 2. The fourth-order valence-corrected chi connectivity index (χ4v) is 3.44. The lowest BCUT2D eigenvalue weighted by molar-refractivity contribution is -0.140. The van der Waals surface area contributed by atoms with Gasteiger partial charge in [-0.2, -0.15) is 0 Å². The molecule has 5 nitrogen and oxygen atoms in total. The molecular formula is C20H26N2O3. The molecule has 0 aliphatic heterocycles. The Kier molecular flexibility index (Phi) is 5.53. The van der Waals surface area contributed by atoms with E-state index in [1.807, 2.05) is 31.2 Å². The van der Waals surface area contributed by atoms with E-state index in [1.165, 1.54) is 0 Å². The second-order valence-electron chi connectivity index (χ2n) is 6.45. The van der Waals surface area contributed by atoms with Crippen molar-refractivity contribution >= 4 is 22.5 Å². The number of aromatic nitrogens is 1. The summed E-state index contributed by atoms with van der Waals surface area (Å²) >= 11 is 0. The monoisotopic (exact) mass is 342 g/mol. The molecule has 0 bridgehead atoms. The molecule has 0 radical (unpaired) electrons. The molecule has 1 saturated carbocycles. The molecule has 1 aliphatic rings. The number of hydrogen-bond acceptors (Lipinski definition) is 4. The average Bonchev–Trinajstić information content (AvgIpc) is 3.12. The number of nitrogens with zero attached hydrogens (tertiary/aromatic N) is 1. The zero-order valence-electron chi connectivity index (χ0n) is 15.0. The highest BCUT2D eigenvalue weighted by molar-refractivity contribution is 6.05. The number of nitrogens with one attached hydrogen (secondary N) is 1. The summed E-state index contributed by atoms with van der Waals surface area (Å²) in [5, 5.41) is 3.97. The van der Waals surface area contributed by atoms with Crippen molar-refractivity contribution in [3.8, 4) is 5.75 Å². The Bertz CT molecular complexity index is 739. The van der Waals surface area contributed by atoms with Gasteiger partial charge in [0.1, 0.15) is 16.9 Å². The van der Waals surface area contributed by atoms with Crippen LogP contribution < -0.4 is 10.1 Å². The number of pyridine rings is 1. The molecule has 3 rings (SSSR count). The molecule has 1 aromatic carbocycles. The number of hydrogen-bond donors (Lipinski definition) is 1. The number of anilines is 1. The molecule has 0 unspecified atom stereocenters. The standard InChI is InChI=1S/C20H26N2O3/c1-3-14-25-20(11-5-6-12-20)19(23)22-16-9-10-17(24-4-2)18-15(16)8-7-13-21-18/h7-10,13H,3-6,11-12,14H2,1-2H3,(H,22,23). The van der Waals surface area contributed by atoms with E-state index in [4.69, 9.17) is 9.47 Å². The minimum atomic E-state index is -0.691. The van der Waals surface area contributed by atoms with Gasteiger partial charge >= 0.3 is 0 Å². The van der Waals surface area contributed by atoms with E-state index in [9.17, 15) is 4.79 Å². The number of carbonyl (C=O) groups excluding carboxylic acids is 1. The van der Waals surface area contributed by atoms with Crippen LogP contribution in [0, 0.1) is 0 Å². The van der Waals surface area contributed by atoms with Gasteiger partial charge in [0, 0.05) is 18.2 Å². The molecule has 0 saturated heterocycles. The molecule has 2 aromatic rings. The quantitative estimate of drug-likeness (QED) is 0.814. The molecule has 1 aliphatic carbocycles. The van der Waals surface area contributed by atoms with E-state index in [2.05, 4.69) is 17.2 Å². The topological polar surface area (TPSA) is 60.5 Å². The van der Waals surface area contributed by atoms with Crippen LogP contribution in [0.25, 0.3) is 10.9 Å². The van der Waals surface area contributed by atoms with Gasteiger partial charge in [-0.25, -0.2) is 0 Å². The second-order valence-corrected chi connectivity index (χ2v) is 6.45. The van der Waals surface area contributed by atoms with Gasteiger partial charge in [-0.1, -0.05) is 6.92 Å². The molecule has 5 heteroatoms. The third-order valence-electron chi connectivity index (χ3n) is 4.69. The minimum Gasteiger partial charge on any atom is -0.492 e. The first kappa shape index (κ1) is 17.7. The van der Waals surface area contributed by atoms with Crippen LogP contribution in [0.15, 0.2) is 30.5 Å². The summed E-state index contributed by atoms with van der Waals surface area (Å²) < 4.78 is 11.6. The van der Waals surface area contributed by atoms with Crippen LogP contribution in [-0.4, -0.2) is 29.7 Å². The first-order chi connectivity index (χ1) is 12.2. The number of amides is 1. The number of benzene rings is 1. The van der Waals surface area contributed by atoms with Crippen molar-refractivity contribution in [3.63, 3.8) is 0 Å². The smallest absolute Gasteiger partial charge is 0.256 e. The Morgan fingerprint density at radius 3 is 2.76 bits per heavy atom. The van der Waals surface area contributed by atoms with E-state index in [0.29, 0.717) is 13.2 Å². The van der Waals surface area contributed by atoms with Gasteiger partial charge in [-0.15, -0.1) is 0 Å². The molecule has 1 heterocycles. The summed E-state index contributed by atoms with van der Waals surface area (Å²) in [6, 6.07) is 7.57. The lowest BCUT2D eigenvalue weighted by Gasteiger charge is -2.28. The molecule has 1 fully saturated rings. The fraction of sp³-hybridized carbons (Fsp3) is 0.500. The molecule has 134 valence electrons. The van der Waals surface area contributed by atoms with E-state index in [0.717, 1.165) is 54.4 Å². The van der Waals surface area contributed by atoms with Crippen molar-refractivity contribution in [3.05, 3.63) is 30.5 Å². The predicted octanol–water partition coefficient (Wildman–Crippen LogP) is 4.31. The third kappa shape index (κ3) is 3.61. The minimum absolute atomic E-state index is 0.0484. The maximum atomic E-state index is 13.0. The van der Waals surface area contributed by atoms with Crippen LogP contribution in [0.1, 0.15) is 46.0 Å². The molecule has 1 N–H and O–H groups in total. The van der Waals surface area contributed by atoms with Crippen LogP contribution in [0.5, 0.6) is 5.75 Å². The summed E-state index contributed by atoms with van der Waals surface area (Å²) in [7, 11) is 0. The van der Waals surface area contributed by atoms with Crippen molar-refractivity contribution in [2.45, 2.75) is 51.6 Å². The summed E-state index contributed by atoms with van der Waals surface area (Å²) in [6.45, 7) is 5.19.